The largest absolute Gasteiger partial charge is 0.432 e. The average molecular weight is 216 g/mol. The van der Waals surface area contributed by atoms with Crippen LogP contribution in [-0.4, -0.2) is 12.0 Å². The Hall–Kier alpha value is -1.77. The third-order valence-electron chi connectivity index (χ3n) is 2.51. The van der Waals surface area contributed by atoms with E-state index in [0.29, 0.717) is 6.01 Å². The van der Waals surface area contributed by atoms with Gasteiger partial charge in [0.1, 0.15) is 12.0 Å². The third kappa shape index (κ3) is 2.24. The van der Waals surface area contributed by atoms with Crippen molar-refractivity contribution in [2.75, 3.05) is 12.4 Å². The molecule has 1 heterocycles. The lowest BCUT2D eigenvalue weighted by Crippen LogP contribution is -1.87. The summed E-state index contributed by atoms with van der Waals surface area (Å²) in [7, 11) is 1.79. The zero-order valence-electron chi connectivity index (χ0n) is 9.66. The van der Waals surface area contributed by atoms with E-state index < -0.39 is 0 Å². The van der Waals surface area contributed by atoms with Crippen LogP contribution < -0.4 is 5.32 Å². The van der Waals surface area contributed by atoms with Gasteiger partial charge in [0.25, 0.3) is 6.01 Å². The molecule has 0 saturated heterocycles. The van der Waals surface area contributed by atoms with Gasteiger partial charge in [-0.1, -0.05) is 37.6 Å². The predicted octanol–water partition coefficient (Wildman–Crippen LogP) is 3.34. The SMILES string of the molecule is CCCc1ccc(-c2coc(NC)n2)cc1. The summed E-state index contributed by atoms with van der Waals surface area (Å²) < 4.78 is 5.22. The highest BCUT2D eigenvalue weighted by atomic mass is 16.4. The first-order valence-electron chi connectivity index (χ1n) is 5.56. The second-order valence-corrected chi connectivity index (χ2v) is 3.73. The number of benzene rings is 1. The molecule has 0 atom stereocenters. The molecule has 0 saturated carbocycles. The Kier molecular flexibility index (Phi) is 3.25. The van der Waals surface area contributed by atoms with Crippen LogP contribution in [0, 0.1) is 0 Å². The fraction of sp³-hybridized carbons (Fsp3) is 0.308. The summed E-state index contributed by atoms with van der Waals surface area (Å²) in [4.78, 5) is 4.30. The maximum atomic E-state index is 5.22. The Morgan fingerprint density at radius 2 is 2.00 bits per heavy atom. The molecule has 16 heavy (non-hydrogen) atoms. The maximum absolute atomic E-state index is 5.22. The molecular formula is C13H16N2O. The summed E-state index contributed by atoms with van der Waals surface area (Å²) in [6, 6.07) is 9.01. The molecule has 0 radical (unpaired) electrons. The van der Waals surface area contributed by atoms with Crippen molar-refractivity contribution < 1.29 is 4.42 Å². The number of hydrogen-bond donors (Lipinski definition) is 1. The Labute approximate surface area is 95.5 Å². The molecule has 3 nitrogen and oxygen atoms in total. The molecule has 2 aromatic rings. The highest BCUT2D eigenvalue weighted by molar-refractivity contribution is 5.59. The fourth-order valence-electron chi connectivity index (χ4n) is 1.65. The quantitative estimate of drug-likeness (QED) is 0.851. The molecule has 0 bridgehead atoms. The maximum Gasteiger partial charge on any atom is 0.294 e. The molecule has 2 rings (SSSR count). The molecule has 84 valence electrons. The first-order valence-corrected chi connectivity index (χ1v) is 5.56. The molecule has 1 N–H and O–H groups in total. The number of nitrogens with one attached hydrogen (secondary N) is 1. The average Bonchev–Trinajstić information content (AvgIpc) is 2.79. The third-order valence-corrected chi connectivity index (χ3v) is 2.51. The first-order chi connectivity index (χ1) is 7.83. The van der Waals surface area contributed by atoms with Gasteiger partial charge in [-0.05, 0) is 12.0 Å². The Morgan fingerprint density at radius 1 is 1.25 bits per heavy atom. The van der Waals surface area contributed by atoms with E-state index in [1.54, 1.807) is 13.3 Å². The van der Waals surface area contributed by atoms with E-state index >= 15 is 0 Å². The molecule has 1 aromatic heterocycles. The molecule has 1 aromatic carbocycles. The highest BCUT2D eigenvalue weighted by Crippen LogP contribution is 2.21. The summed E-state index contributed by atoms with van der Waals surface area (Å²) in [6.45, 7) is 2.19. The van der Waals surface area contributed by atoms with Gasteiger partial charge < -0.3 is 9.73 Å². The first kappa shape index (κ1) is 10.7. The molecular weight excluding hydrogens is 200 g/mol. The summed E-state index contributed by atoms with van der Waals surface area (Å²) >= 11 is 0. The van der Waals surface area contributed by atoms with Crippen molar-refractivity contribution in [3.63, 3.8) is 0 Å². The smallest absolute Gasteiger partial charge is 0.294 e. The number of hydrogen-bond acceptors (Lipinski definition) is 3. The van der Waals surface area contributed by atoms with Gasteiger partial charge >= 0.3 is 0 Å². The van der Waals surface area contributed by atoms with Gasteiger partial charge in [0, 0.05) is 12.6 Å². The van der Waals surface area contributed by atoms with Crippen LogP contribution in [0.25, 0.3) is 11.3 Å². The molecule has 3 heteroatoms. The van der Waals surface area contributed by atoms with E-state index in [0.717, 1.165) is 17.7 Å². The van der Waals surface area contributed by atoms with Gasteiger partial charge in [0.15, 0.2) is 0 Å². The molecule has 0 aliphatic rings. The van der Waals surface area contributed by atoms with Gasteiger partial charge in [-0.25, -0.2) is 0 Å². The van der Waals surface area contributed by atoms with E-state index in [4.69, 9.17) is 4.42 Å². The Balaban J connectivity index is 2.20. The van der Waals surface area contributed by atoms with Crippen molar-refractivity contribution in [3.8, 4) is 11.3 Å². The highest BCUT2D eigenvalue weighted by Gasteiger charge is 2.04. The van der Waals surface area contributed by atoms with Crippen LogP contribution in [0.2, 0.25) is 0 Å². The van der Waals surface area contributed by atoms with Crippen molar-refractivity contribution in [2.24, 2.45) is 0 Å². The van der Waals surface area contributed by atoms with Crippen LogP contribution in [0.5, 0.6) is 0 Å². The van der Waals surface area contributed by atoms with Crippen LogP contribution in [0.3, 0.4) is 0 Å². The second kappa shape index (κ2) is 4.84. The topological polar surface area (TPSA) is 38.1 Å². The van der Waals surface area contributed by atoms with E-state index in [1.165, 1.54) is 12.0 Å². The summed E-state index contributed by atoms with van der Waals surface area (Å²) in [6.07, 6.45) is 3.97. The van der Waals surface area contributed by atoms with Gasteiger partial charge in [0.05, 0.1) is 0 Å². The van der Waals surface area contributed by atoms with E-state index in [-0.39, 0.29) is 0 Å². The molecule has 0 amide bonds. The molecule has 0 aliphatic carbocycles. The number of aryl methyl sites for hydroxylation is 1. The zero-order chi connectivity index (χ0) is 11.4. The van der Waals surface area contributed by atoms with Crippen molar-refractivity contribution in [1.29, 1.82) is 0 Å². The minimum absolute atomic E-state index is 0.549. The predicted molar refractivity (Wildman–Crippen MR) is 65.5 cm³/mol. The summed E-state index contributed by atoms with van der Waals surface area (Å²) in [5.74, 6) is 0. The van der Waals surface area contributed by atoms with E-state index in [2.05, 4.69) is 41.5 Å². The zero-order valence-corrected chi connectivity index (χ0v) is 9.66. The van der Waals surface area contributed by atoms with Gasteiger partial charge in [-0.2, -0.15) is 4.98 Å². The van der Waals surface area contributed by atoms with Crippen molar-refractivity contribution >= 4 is 6.01 Å². The minimum atomic E-state index is 0.549. The number of rotatable bonds is 4. The monoisotopic (exact) mass is 216 g/mol. The number of nitrogens with zero attached hydrogens (tertiary/aromatic N) is 1. The lowest BCUT2D eigenvalue weighted by atomic mass is 10.1. The van der Waals surface area contributed by atoms with Crippen LogP contribution in [0.1, 0.15) is 18.9 Å². The minimum Gasteiger partial charge on any atom is -0.432 e. The van der Waals surface area contributed by atoms with Crippen LogP contribution in [0.4, 0.5) is 6.01 Å². The number of aromatic nitrogens is 1. The summed E-state index contributed by atoms with van der Waals surface area (Å²) in [5.41, 5.74) is 3.32. The number of oxazole rings is 1. The normalized spacial score (nSPS) is 10.4. The fourth-order valence-corrected chi connectivity index (χ4v) is 1.65. The van der Waals surface area contributed by atoms with Crippen LogP contribution >= 0.6 is 0 Å². The Morgan fingerprint density at radius 3 is 2.56 bits per heavy atom. The van der Waals surface area contributed by atoms with Gasteiger partial charge in [-0.3, -0.25) is 0 Å². The number of anilines is 1. The lowest BCUT2D eigenvalue weighted by Gasteiger charge is -1.99. The van der Waals surface area contributed by atoms with Crippen molar-refractivity contribution in [2.45, 2.75) is 19.8 Å². The summed E-state index contributed by atoms with van der Waals surface area (Å²) in [5, 5.41) is 2.87. The van der Waals surface area contributed by atoms with Crippen LogP contribution in [0.15, 0.2) is 34.9 Å². The lowest BCUT2D eigenvalue weighted by molar-refractivity contribution is 0.576. The van der Waals surface area contributed by atoms with Crippen molar-refractivity contribution in [1.82, 2.24) is 4.98 Å². The van der Waals surface area contributed by atoms with E-state index in [1.807, 2.05) is 0 Å². The van der Waals surface area contributed by atoms with E-state index in [9.17, 15) is 0 Å². The molecule has 0 unspecified atom stereocenters. The molecule has 0 spiro atoms. The van der Waals surface area contributed by atoms with Crippen molar-refractivity contribution in [3.05, 3.63) is 36.1 Å². The van der Waals surface area contributed by atoms with Gasteiger partial charge in [0.2, 0.25) is 0 Å². The Bertz CT molecular complexity index is 445. The van der Waals surface area contributed by atoms with Gasteiger partial charge in [-0.15, -0.1) is 0 Å². The molecule has 0 fully saturated rings. The molecule has 0 aliphatic heterocycles. The standard InChI is InChI=1S/C13H16N2O/c1-3-4-10-5-7-11(8-6-10)12-9-16-13(14-2)15-12/h5-9H,3-4H2,1-2H3,(H,14,15). The van der Waals surface area contributed by atoms with Crippen LogP contribution in [-0.2, 0) is 6.42 Å². The second-order valence-electron chi connectivity index (χ2n) is 3.73.